The Kier molecular flexibility index (Phi) is 3.71. The van der Waals surface area contributed by atoms with Crippen molar-refractivity contribution in [1.29, 1.82) is 0 Å². The lowest BCUT2D eigenvalue weighted by Gasteiger charge is -2.30. The number of rotatable bonds is 2. The van der Waals surface area contributed by atoms with Crippen molar-refractivity contribution in [3.63, 3.8) is 0 Å². The molecule has 23 heavy (non-hydrogen) atoms. The van der Waals surface area contributed by atoms with Crippen molar-refractivity contribution in [2.24, 2.45) is 0 Å². The van der Waals surface area contributed by atoms with Crippen LogP contribution in [0.3, 0.4) is 0 Å². The predicted octanol–water partition coefficient (Wildman–Crippen LogP) is 2.52. The molecule has 1 aromatic heterocycles. The van der Waals surface area contributed by atoms with Crippen LogP contribution in [0.25, 0.3) is 0 Å². The van der Waals surface area contributed by atoms with Crippen molar-refractivity contribution in [2.45, 2.75) is 57.0 Å². The first-order valence-corrected chi connectivity index (χ1v) is 8.72. The lowest BCUT2D eigenvalue weighted by Crippen LogP contribution is -2.36. The van der Waals surface area contributed by atoms with E-state index in [9.17, 15) is 4.79 Å². The summed E-state index contributed by atoms with van der Waals surface area (Å²) in [5.41, 5.74) is 0.749. The SMILES string of the molecule is Cc1nc([C@@H]2CCNC2)cc(N2CC3(CCCCC3)OC2=O)n1. The second-order valence-corrected chi connectivity index (χ2v) is 7.09. The van der Waals surface area contributed by atoms with Gasteiger partial charge in [0.25, 0.3) is 0 Å². The molecule has 4 rings (SSSR count). The Hall–Kier alpha value is -1.69. The number of carbonyl (C=O) groups excluding carboxylic acids is 1. The van der Waals surface area contributed by atoms with Crippen LogP contribution in [0, 0.1) is 6.92 Å². The van der Waals surface area contributed by atoms with Crippen molar-refractivity contribution in [2.75, 3.05) is 24.5 Å². The topological polar surface area (TPSA) is 67.3 Å². The second kappa shape index (κ2) is 5.74. The van der Waals surface area contributed by atoms with E-state index in [0.29, 0.717) is 18.3 Å². The molecule has 1 atom stereocenters. The van der Waals surface area contributed by atoms with Gasteiger partial charge in [0.05, 0.1) is 12.2 Å². The Morgan fingerprint density at radius 3 is 2.87 bits per heavy atom. The molecule has 3 aliphatic rings. The number of carbonyl (C=O) groups is 1. The molecule has 6 heteroatoms. The van der Waals surface area contributed by atoms with Gasteiger partial charge < -0.3 is 10.1 Å². The van der Waals surface area contributed by atoms with Gasteiger partial charge in [-0.15, -0.1) is 0 Å². The van der Waals surface area contributed by atoms with Crippen LogP contribution in [0.4, 0.5) is 10.6 Å². The molecular formula is C17H24N4O2. The van der Waals surface area contributed by atoms with Crippen LogP contribution in [0.2, 0.25) is 0 Å². The third-order valence-electron chi connectivity index (χ3n) is 5.33. The van der Waals surface area contributed by atoms with Gasteiger partial charge in [-0.3, -0.25) is 4.90 Å². The molecule has 6 nitrogen and oxygen atoms in total. The molecule has 1 amide bonds. The normalized spacial score (nSPS) is 26.7. The van der Waals surface area contributed by atoms with Crippen molar-refractivity contribution in [1.82, 2.24) is 15.3 Å². The van der Waals surface area contributed by atoms with Crippen LogP contribution in [0.1, 0.15) is 56.0 Å². The van der Waals surface area contributed by atoms with Gasteiger partial charge in [-0.25, -0.2) is 14.8 Å². The molecule has 0 radical (unpaired) electrons. The number of hydrogen-bond donors (Lipinski definition) is 1. The fraction of sp³-hybridized carbons (Fsp3) is 0.706. The molecule has 2 aliphatic heterocycles. The molecular weight excluding hydrogens is 292 g/mol. The molecule has 0 bridgehead atoms. The van der Waals surface area contributed by atoms with E-state index >= 15 is 0 Å². The Morgan fingerprint density at radius 1 is 1.30 bits per heavy atom. The molecule has 3 heterocycles. The van der Waals surface area contributed by atoms with Crippen LogP contribution in [-0.4, -0.2) is 41.3 Å². The Bertz CT molecular complexity index is 607. The minimum absolute atomic E-state index is 0.250. The Morgan fingerprint density at radius 2 is 2.13 bits per heavy atom. The van der Waals surface area contributed by atoms with Crippen LogP contribution in [0.15, 0.2) is 6.07 Å². The molecule has 124 valence electrons. The van der Waals surface area contributed by atoms with Crippen molar-refractivity contribution >= 4 is 11.9 Å². The van der Waals surface area contributed by atoms with E-state index in [1.54, 1.807) is 4.90 Å². The van der Waals surface area contributed by atoms with E-state index in [1.807, 2.05) is 13.0 Å². The van der Waals surface area contributed by atoms with Gasteiger partial charge in [-0.1, -0.05) is 6.42 Å². The zero-order valence-corrected chi connectivity index (χ0v) is 13.7. The summed E-state index contributed by atoms with van der Waals surface area (Å²) in [6, 6.07) is 1.98. The Balaban J connectivity index is 1.61. The van der Waals surface area contributed by atoms with E-state index < -0.39 is 0 Å². The molecule has 0 unspecified atom stereocenters. The molecule has 1 saturated carbocycles. The zero-order chi connectivity index (χ0) is 15.9. The summed E-state index contributed by atoms with van der Waals surface area (Å²) in [6.45, 7) is 4.50. The highest BCUT2D eigenvalue weighted by atomic mass is 16.6. The van der Waals surface area contributed by atoms with E-state index in [1.165, 1.54) is 6.42 Å². The van der Waals surface area contributed by atoms with Crippen LogP contribution < -0.4 is 10.2 Å². The summed E-state index contributed by atoms with van der Waals surface area (Å²) in [6.07, 6.45) is 6.30. The molecule has 1 aromatic rings. The second-order valence-electron chi connectivity index (χ2n) is 7.09. The molecule has 1 aliphatic carbocycles. The number of amides is 1. The zero-order valence-electron chi connectivity index (χ0n) is 13.7. The average molecular weight is 316 g/mol. The van der Waals surface area contributed by atoms with E-state index in [4.69, 9.17) is 4.74 Å². The van der Waals surface area contributed by atoms with E-state index in [-0.39, 0.29) is 11.7 Å². The van der Waals surface area contributed by atoms with E-state index in [2.05, 4.69) is 15.3 Å². The number of hydrogen-bond acceptors (Lipinski definition) is 5. The van der Waals surface area contributed by atoms with Gasteiger partial charge in [-0.05, 0) is 45.6 Å². The van der Waals surface area contributed by atoms with Crippen molar-refractivity contribution < 1.29 is 9.53 Å². The number of nitrogens with zero attached hydrogens (tertiary/aromatic N) is 3. The standard InChI is InChI=1S/C17H24N4O2/c1-12-19-14(13-5-8-18-10-13)9-15(20-12)21-11-17(23-16(21)22)6-3-2-4-7-17/h9,13,18H,2-8,10-11H2,1H3/t13-/m1/s1. The summed E-state index contributed by atoms with van der Waals surface area (Å²) < 4.78 is 5.78. The molecule has 3 fully saturated rings. The highest BCUT2D eigenvalue weighted by Crippen LogP contribution is 2.38. The van der Waals surface area contributed by atoms with Gasteiger partial charge in [0.15, 0.2) is 0 Å². The average Bonchev–Trinajstić information content (AvgIpc) is 3.16. The predicted molar refractivity (Wildman–Crippen MR) is 86.6 cm³/mol. The number of anilines is 1. The van der Waals surface area contributed by atoms with Gasteiger partial charge in [0.1, 0.15) is 17.2 Å². The minimum atomic E-state index is -0.288. The number of ether oxygens (including phenoxy) is 1. The van der Waals surface area contributed by atoms with E-state index in [0.717, 1.165) is 56.7 Å². The lowest BCUT2D eigenvalue weighted by molar-refractivity contribution is 0.0260. The monoisotopic (exact) mass is 316 g/mol. The molecule has 1 N–H and O–H groups in total. The van der Waals surface area contributed by atoms with Crippen LogP contribution in [0.5, 0.6) is 0 Å². The number of aryl methyl sites for hydroxylation is 1. The first-order valence-electron chi connectivity index (χ1n) is 8.72. The third kappa shape index (κ3) is 2.80. The van der Waals surface area contributed by atoms with Crippen molar-refractivity contribution in [3.8, 4) is 0 Å². The van der Waals surface area contributed by atoms with Gasteiger partial charge in [0, 0.05) is 18.5 Å². The van der Waals surface area contributed by atoms with Gasteiger partial charge in [-0.2, -0.15) is 0 Å². The summed E-state index contributed by atoms with van der Waals surface area (Å²) >= 11 is 0. The van der Waals surface area contributed by atoms with Crippen LogP contribution >= 0.6 is 0 Å². The summed E-state index contributed by atoms with van der Waals surface area (Å²) in [5.74, 6) is 1.84. The van der Waals surface area contributed by atoms with Crippen LogP contribution in [-0.2, 0) is 4.74 Å². The fourth-order valence-corrected chi connectivity index (χ4v) is 4.09. The minimum Gasteiger partial charge on any atom is -0.441 e. The highest BCUT2D eigenvalue weighted by molar-refractivity contribution is 5.89. The fourth-order valence-electron chi connectivity index (χ4n) is 4.09. The molecule has 2 saturated heterocycles. The highest BCUT2D eigenvalue weighted by Gasteiger charge is 2.46. The maximum atomic E-state index is 12.4. The van der Waals surface area contributed by atoms with Gasteiger partial charge in [0.2, 0.25) is 0 Å². The molecule has 1 spiro atoms. The summed E-state index contributed by atoms with van der Waals surface area (Å²) in [7, 11) is 0. The summed E-state index contributed by atoms with van der Waals surface area (Å²) in [4.78, 5) is 23.2. The van der Waals surface area contributed by atoms with Crippen molar-refractivity contribution in [3.05, 3.63) is 17.6 Å². The lowest BCUT2D eigenvalue weighted by atomic mass is 9.85. The van der Waals surface area contributed by atoms with Gasteiger partial charge >= 0.3 is 6.09 Å². The first kappa shape index (κ1) is 14.9. The Labute approximate surface area is 136 Å². The number of aromatic nitrogens is 2. The maximum absolute atomic E-state index is 12.4. The largest absolute Gasteiger partial charge is 0.441 e. The number of nitrogens with one attached hydrogen (secondary N) is 1. The quantitative estimate of drug-likeness (QED) is 0.908. The summed E-state index contributed by atoms with van der Waals surface area (Å²) in [5, 5.41) is 3.37. The third-order valence-corrected chi connectivity index (χ3v) is 5.33. The maximum Gasteiger partial charge on any atom is 0.416 e. The first-order chi connectivity index (χ1) is 11.2. The molecule has 0 aromatic carbocycles. The smallest absolute Gasteiger partial charge is 0.416 e.